The van der Waals surface area contributed by atoms with Gasteiger partial charge in [0.25, 0.3) is 0 Å². The van der Waals surface area contributed by atoms with Crippen molar-refractivity contribution in [3.05, 3.63) is 23.8 Å². The van der Waals surface area contributed by atoms with E-state index >= 15 is 0 Å². The molecular formula is C17H27N5O5. The molecule has 0 spiro atoms. The van der Waals surface area contributed by atoms with Gasteiger partial charge in [0.2, 0.25) is 5.91 Å². The number of guanidine groups is 1. The van der Waals surface area contributed by atoms with Crippen LogP contribution in [0.25, 0.3) is 0 Å². The molecule has 0 heterocycles. The Bertz CT molecular complexity index is 661. The van der Waals surface area contributed by atoms with Gasteiger partial charge in [0, 0.05) is 18.7 Å². The fourth-order valence-corrected chi connectivity index (χ4v) is 2.41. The van der Waals surface area contributed by atoms with Gasteiger partial charge in [0.05, 0.1) is 20.8 Å². The van der Waals surface area contributed by atoms with Crippen LogP contribution < -0.4 is 31.6 Å². The molecule has 0 radical (unpaired) electrons. The quantitative estimate of drug-likeness (QED) is 0.182. The highest BCUT2D eigenvalue weighted by Gasteiger charge is 2.19. The van der Waals surface area contributed by atoms with E-state index in [1.165, 1.54) is 7.11 Å². The normalized spacial score (nSPS) is 11.3. The van der Waals surface area contributed by atoms with E-state index in [1.807, 2.05) is 12.1 Å². The van der Waals surface area contributed by atoms with Gasteiger partial charge >= 0.3 is 5.97 Å². The third-order valence-corrected chi connectivity index (χ3v) is 3.66. The van der Waals surface area contributed by atoms with Gasteiger partial charge in [-0.3, -0.25) is 9.79 Å². The van der Waals surface area contributed by atoms with Crippen molar-refractivity contribution in [1.82, 2.24) is 10.6 Å². The fourth-order valence-electron chi connectivity index (χ4n) is 2.41. The molecule has 1 rings (SSSR count). The summed E-state index contributed by atoms with van der Waals surface area (Å²) in [6.07, 6.45) is 0.658. The maximum Gasteiger partial charge on any atom is 0.326 e. The molecule has 0 aliphatic carbocycles. The number of nitrogens with zero attached hydrogens (tertiary/aromatic N) is 1. The maximum absolute atomic E-state index is 12.0. The average Bonchev–Trinajstić information content (AvgIpc) is 2.63. The Balaban J connectivity index is 2.49. The topological polar surface area (TPSA) is 161 Å². The number of hydrogen-bond acceptors (Lipinski definition) is 6. The highest BCUT2D eigenvalue weighted by Crippen LogP contribution is 2.30. The van der Waals surface area contributed by atoms with E-state index in [-0.39, 0.29) is 18.9 Å². The molecule has 0 saturated carbocycles. The molecule has 27 heavy (non-hydrogen) atoms. The summed E-state index contributed by atoms with van der Waals surface area (Å²) in [5.74, 6) is -0.416. The van der Waals surface area contributed by atoms with Crippen LogP contribution in [0, 0.1) is 0 Å². The lowest BCUT2D eigenvalue weighted by Gasteiger charge is -2.15. The fraction of sp³-hybridized carbons (Fsp3) is 0.471. The zero-order valence-corrected chi connectivity index (χ0v) is 15.5. The molecule has 1 atom stereocenters. The van der Waals surface area contributed by atoms with Crippen molar-refractivity contribution >= 4 is 17.8 Å². The lowest BCUT2D eigenvalue weighted by Crippen LogP contribution is -2.44. The highest BCUT2D eigenvalue weighted by molar-refractivity contribution is 5.84. The largest absolute Gasteiger partial charge is 0.493 e. The number of nitrogens with two attached hydrogens (primary N) is 2. The van der Waals surface area contributed by atoms with E-state index in [4.69, 9.17) is 20.9 Å². The molecule has 0 aromatic heterocycles. The molecule has 1 aromatic carbocycles. The number of carboxylic acid groups (broad SMARTS) is 1. The number of methoxy groups -OCH3 is 2. The van der Waals surface area contributed by atoms with E-state index in [1.54, 1.807) is 13.2 Å². The first-order valence-corrected chi connectivity index (χ1v) is 8.37. The van der Waals surface area contributed by atoms with Crippen LogP contribution in [0.1, 0.15) is 18.4 Å². The van der Waals surface area contributed by atoms with Gasteiger partial charge in [0.1, 0.15) is 6.04 Å². The summed E-state index contributed by atoms with van der Waals surface area (Å²) in [5.41, 5.74) is 11.2. The number of aliphatic carboxylic acids is 1. The molecule has 1 aromatic rings. The number of nitrogens with one attached hydrogen (secondary N) is 2. The number of aliphatic imine (C=N–C) groups is 1. The summed E-state index contributed by atoms with van der Waals surface area (Å²) in [7, 11) is 3.08. The highest BCUT2D eigenvalue weighted by atomic mass is 16.5. The Morgan fingerprint density at radius 1 is 1.26 bits per heavy atom. The molecule has 0 saturated heterocycles. The molecule has 1 amide bonds. The third kappa shape index (κ3) is 7.82. The number of hydrogen-bond donors (Lipinski definition) is 5. The van der Waals surface area contributed by atoms with Crippen molar-refractivity contribution in [3.63, 3.8) is 0 Å². The number of carbonyl (C=O) groups is 2. The lowest BCUT2D eigenvalue weighted by molar-refractivity contribution is -0.141. The van der Waals surface area contributed by atoms with Gasteiger partial charge in [-0.15, -0.1) is 0 Å². The van der Waals surface area contributed by atoms with E-state index in [2.05, 4.69) is 15.6 Å². The summed E-state index contributed by atoms with van der Waals surface area (Å²) >= 11 is 0. The van der Waals surface area contributed by atoms with Crippen LogP contribution in [0.5, 0.6) is 11.5 Å². The molecule has 1 unspecified atom stereocenters. The molecule has 0 fully saturated rings. The minimum atomic E-state index is -1.11. The second-order valence-electron chi connectivity index (χ2n) is 5.66. The number of amides is 1. The Hall–Kier alpha value is -3.01. The standard InChI is InChI=1S/C17H27N5O5/c1-26-13-7-3-5-11(15(13)27-2)9-20-10-14(23)22-12(16(24)25)6-4-8-21-17(18)19/h3,5,7,12,20H,4,6,8-10H2,1-2H3,(H,22,23)(H,24,25)(H4,18,19,21). The first-order chi connectivity index (χ1) is 12.9. The van der Waals surface area contributed by atoms with E-state index in [0.717, 1.165) is 5.56 Å². The smallest absolute Gasteiger partial charge is 0.326 e. The van der Waals surface area contributed by atoms with Gasteiger partial charge in [-0.2, -0.15) is 0 Å². The van der Waals surface area contributed by atoms with Crippen LogP contribution in [0.3, 0.4) is 0 Å². The molecule has 0 bridgehead atoms. The lowest BCUT2D eigenvalue weighted by atomic mass is 10.1. The Morgan fingerprint density at radius 2 is 2.00 bits per heavy atom. The number of benzene rings is 1. The predicted octanol–water partition coefficient (Wildman–Crippen LogP) is -0.584. The monoisotopic (exact) mass is 381 g/mol. The van der Waals surface area contributed by atoms with Crippen molar-refractivity contribution in [1.29, 1.82) is 0 Å². The minimum absolute atomic E-state index is 0.0436. The molecule has 10 nitrogen and oxygen atoms in total. The summed E-state index contributed by atoms with van der Waals surface area (Å²) in [6.45, 7) is 0.615. The van der Waals surface area contributed by atoms with Crippen molar-refractivity contribution < 1.29 is 24.2 Å². The zero-order chi connectivity index (χ0) is 20.2. The molecular weight excluding hydrogens is 354 g/mol. The van der Waals surface area contributed by atoms with Gasteiger partial charge in [0.15, 0.2) is 17.5 Å². The maximum atomic E-state index is 12.0. The Labute approximate surface area is 157 Å². The van der Waals surface area contributed by atoms with Crippen LogP contribution >= 0.6 is 0 Å². The minimum Gasteiger partial charge on any atom is -0.493 e. The number of para-hydroxylation sites is 1. The Kier molecular flexibility index (Phi) is 9.45. The van der Waals surface area contributed by atoms with E-state index < -0.39 is 17.9 Å². The molecule has 7 N–H and O–H groups in total. The summed E-state index contributed by atoms with van der Waals surface area (Å²) in [6, 6.07) is 4.43. The Morgan fingerprint density at radius 3 is 2.59 bits per heavy atom. The average molecular weight is 381 g/mol. The molecule has 150 valence electrons. The SMILES string of the molecule is COc1cccc(CNCC(=O)NC(CCCN=C(N)N)C(=O)O)c1OC. The number of carboxylic acids is 1. The zero-order valence-electron chi connectivity index (χ0n) is 15.5. The number of rotatable bonds is 12. The number of carbonyl (C=O) groups excluding carboxylic acids is 1. The van der Waals surface area contributed by atoms with Crippen molar-refractivity contribution in [2.24, 2.45) is 16.5 Å². The second kappa shape index (κ2) is 11.6. The second-order valence-corrected chi connectivity index (χ2v) is 5.66. The first-order valence-electron chi connectivity index (χ1n) is 8.37. The number of ether oxygens (including phenoxy) is 2. The van der Waals surface area contributed by atoms with Crippen LogP contribution in [0.15, 0.2) is 23.2 Å². The van der Waals surface area contributed by atoms with Crippen molar-refractivity contribution in [2.45, 2.75) is 25.4 Å². The van der Waals surface area contributed by atoms with Crippen molar-refractivity contribution in [3.8, 4) is 11.5 Å². The van der Waals surface area contributed by atoms with Gasteiger partial charge in [-0.05, 0) is 18.9 Å². The summed E-state index contributed by atoms with van der Waals surface area (Å²) in [4.78, 5) is 27.0. The van der Waals surface area contributed by atoms with Crippen LogP contribution in [0.2, 0.25) is 0 Å². The first kappa shape index (κ1) is 22.0. The van der Waals surface area contributed by atoms with Gasteiger partial charge in [-0.25, -0.2) is 4.79 Å². The van der Waals surface area contributed by atoms with Crippen LogP contribution in [0.4, 0.5) is 0 Å². The third-order valence-electron chi connectivity index (χ3n) is 3.66. The van der Waals surface area contributed by atoms with Crippen molar-refractivity contribution in [2.75, 3.05) is 27.3 Å². The molecule has 0 aliphatic heterocycles. The van der Waals surface area contributed by atoms with Crippen LogP contribution in [-0.4, -0.2) is 56.3 Å². The van der Waals surface area contributed by atoms with E-state index in [0.29, 0.717) is 31.0 Å². The van der Waals surface area contributed by atoms with Gasteiger partial charge in [-0.1, -0.05) is 12.1 Å². The molecule has 0 aliphatic rings. The van der Waals surface area contributed by atoms with Crippen LogP contribution in [-0.2, 0) is 16.1 Å². The predicted molar refractivity (Wildman–Crippen MR) is 101 cm³/mol. The summed E-state index contributed by atoms with van der Waals surface area (Å²) in [5, 5.41) is 14.6. The summed E-state index contributed by atoms with van der Waals surface area (Å²) < 4.78 is 10.5. The van der Waals surface area contributed by atoms with E-state index in [9.17, 15) is 14.7 Å². The molecule has 10 heteroatoms. The van der Waals surface area contributed by atoms with Gasteiger partial charge < -0.3 is 36.7 Å².